The molecule has 0 radical (unpaired) electrons. The first-order valence-electron chi connectivity index (χ1n) is 2.78. The zero-order chi connectivity index (χ0) is 6.57. The zero-order valence-electron chi connectivity index (χ0n) is 6.09. The van der Waals surface area contributed by atoms with E-state index in [-0.39, 0.29) is 18.4 Å². The van der Waals surface area contributed by atoms with Crippen LogP contribution < -0.4 is 0 Å². The van der Waals surface area contributed by atoms with Crippen molar-refractivity contribution >= 4 is 12.4 Å². The summed E-state index contributed by atoms with van der Waals surface area (Å²) >= 11 is 0. The Morgan fingerprint density at radius 3 is 2.00 bits per heavy atom. The lowest BCUT2D eigenvalue weighted by Crippen LogP contribution is -2.24. The third-order valence-corrected chi connectivity index (χ3v) is 1.16. The van der Waals surface area contributed by atoms with Crippen LogP contribution in [0.4, 0.5) is 0 Å². The van der Waals surface area contributed by atoms with Crippen molar-refractivity contribution in [2.45, 2.75) is 19.4 Å². The molecule has 1 atom stereocenters. The average molecular weight is 149 g/mol. The standard InChI is InChI=1S/C6H12N2.ClH/c1-4-6(5-7)8(2)3;/h6H,4H2,1-3H3;1H. The fourth-order valence-corrected chi connectivity index (χ4v) is 0.572. The monoisotopic (exact) mass is 148 g/mol. The first kappa shape index (κ1) is 11.5. The third kappa shape index (κ3) is 4.26. The van der Waals surface area contributed by atoms with Gasteiger partial charge in [-0.25, -0.2) is 0 Å². The quantitative estimate of drug-likeness (QED) is 0.590. The largest absolute Gasteiger partial charge is 0.294 e. The summed E-state index contributed by atoms with van der Waals surface area (Å²) in [6.07, 6.45) is 0.906. The van der Waals surface area contributed by atoms with Crippen LogP contribution in [0.2, 0.25) is 0 Å². The second-order valence-electron chi connectivity index (χ2n) is 2.02. The molecule has 0 amide bonds. The van der Waals surface area contributed by atoms with Crippen LogP contribution in [0.25, 0.3) is 0 Å². The van der Waals surface area contributed by atoms with Crippen molar-refractivity contribution in [1.29, 1.82) is 5.26 Å². The molecule has 0 aliphatic heterocycles. The highest BCUT2D eigenvalue weighted by Gasteiger charge is 2.03. The molecule has 0 aromatic rings. The minimum atomic E-state index is 0. The highest BCUT2D eigenvalue weighted by Crippen LogP contribution is 1.94. The van der Waals surface area contributed by atoms with Gasteiger partial charge in [-0.15, -0.1) is 12.4 Å². The summed E-state index contributed by atoms with van der Waals surface area (Å²) in [4.78, 5) is 1.92. The molecule has 0 saturated carbocycles. The number of nitriles is 1. The maximum absolute atomic E-state index is 8.40. The van der Waals surface area contributed by atoms with Crippen molar-refractivity contribution in [3.8, 4) is 6.07 Å². The average Bonchev–Trinajstić information content (AvgIpc) is 1.69. The molecule has 0 saturated heterocycles. The number of hydrogen-bond donors (Lipinski definition) is 0. The van der Waals surface area contributed by atoms with Gasteiger partial charge in [0.25, 0.3) is 0 Å². The molecular weight excluding hydrogens is 136 g/mol. The van der Waals surface area contributed by atoms with Gasteiger partial charge in [-0.2, -0.15) is 5.26 Å². The first-order valence-corrected chi connectivity index (χ1v) is 2.78. The maximum Gasteiger partial charge on any atom is 0.0970 e. The summed E-state index contributed by atoms with van der Waals surface area (Å²) < 4.78 is 0. The molecule has 9 heavy (non-hydrogen) atoms. The smallest absolute Gasteiger partial charge is 0.0970 e. The molecule has 0 aromatic carbocycles. The van der Waals surface area contributed by atoms with Gasteiger partial charge in [0.05, 0.1) is 12.1 Å². The minimum Gasteiger partial charge on any atom is -0.294 e. The number of hydrogen-bond acceptors (Lipinski definition) is 2. The summed E-state index contributed by atoms with van der Waals surface area (Å²) in [5.41, 5.74) is 0. The molecule has 0 aliphatic carbocycles. The fourth-order valence-electron chi connectivity index (χ4n) is 0.572. The molecule has 0 aliphatic rings. The third-order valence-electron chi connectivity index (χ3n) is 1.16. The van der Waals surface area contributed by atoms with Crippen molar-refractivity contribution in [2.75, 3.05) is 14.1 Å². The number of nitrogens with zero attached hydrogens (tertiary/aromatic N) is 2. The highest BCUT2D eigenvalue weighted by atomic mass is 35.5. The van der Waals surface area contributed by atoms with E-state index in [4.69, 9.17) is 5.26 Å². The lowest BCUT2D eigenvalue weighted by molar-refractivity contribution is 0.343. The van der Waals surface area contributed by atoms with E-state index >= 15 is 0 Å². The van der Waals surface area contributed by atoms with Gasteiger partial charge in [0.1, 0.15) is 0 Å². The van der Waals surface area contributed by atoms with Gasteiger partial charge in [0.2, 0.25) is 0 Å². The highest BCUT2D eigenvalue weighted by molar-refractivity contribution is 5.85. The molecule has 0 spiro atoms. The second-order valence-corrected chi connectivity index (χ2v) is 2.02. The van der Waals surface area contributed by atoms with Crippen molar-refractivity contribution in [3.05, 3.63) is 0 Å². The van der Waals surface area contributed by atoms with Gasteiger partial charge in [-0.3, -0.25) is 4.90 Å². The van der Waals surface area contributed by atoms with Gasteiger partial charge < -0.3 is 0 Å². The molecular formula is C6H13ClN2. The predicted octanol–water partition coefficient (Wildman–Crippen LogP) is 1.27. The Kier molecular flexibility index (Phi) is 7.52. The number of rotatable bonds is 2. The van der Waals surface area contributed by atoms with Gasteiger partial charge in [0.15, 0.2) is 0 Å². The van der Waals surface area contributed by atoms with E-state index in [2.05, 4.69) is 6.07 Å². The van der Waals surface area contributed by atoms with E-state index in [9.17, 15) is 0 Å². The van der Waals surface area contributed by atoms with Crippen LogP contribution >= 0.6 is 12.4 Å². The molecule has 0 bridgehead atoms. The van der Waals surface area contributed by atoms with Crippen LogP contribution in [0, 0.1) is 11.3 Å². The number of halogens is 1. The molecule has 0 N–H and O–H groups in total. The Bertz CT molecular complexity index is 95.7. The van der Waals surface area contributed by atoms with Crippen LogP contribution in [0.5, 0.6) is 0 Å². The van der Waals surface area contributed by atoms with Crippen LogP contribution in [0.15, 0.2) is 0 Å². The van der Waals surface area contributed by atoms with Crippen molar-refractivity contribution in [1.82, 2.24) is 4.90 Å². The van der Waals surface area contributed by atoms with Crippen LogP contribution in [0.3, 0.4) is 0 Å². The SMILES string of the molecule is CCC(C#N)N(C)C.Cl. The minimum absolute atomic E-state index is 0. The topological polar surface area (TPSA) is 27.0 Å². The van der Waals surface area contributed by atoms with Crippen molar-refractivity contribution in [3.63, 3.8) is 0 Å². The summed E-state index contributed by atoms with van der Waals surface area (Å²) in [5.74, 6) is 0. The molecule has 0 aromatic heterocycles. The van der Waals surface area contributed by atoms with Gasteiger partial charge in [-0.1, -0.05) is 6.92 Å². The Morgan fingerprint density at radius 2 is 2.00 bits per heavy atom. The van der Waals surface area contributed by atoms with Crippen molar-refractivity contribution in [2.24, 2.45) is 0 Å². The molecule has 0 heterocycles. The van der Waals surface area contributed by atoms with E-state index in [1.165, 1.54) is 0 Å². The Hall–Kier alpha value is -0.260. The van der Waals surface area contributed by atoms with Crippen molar-refractivity contribution < 1.29 is 0 Å². The molecule has 1 unspecified atom stereocenters. The maximum atomic E-state index is 8.40. The first-order chi connectivity index (χ1) is 3.72. The lowest BCUT2D eigenvalue weighted by atomic mass is 10.2. The Morgan fingerprint density at radius 1 is 1.56 bits per heavy atom. The van der Waals surface area contributed by atoms with Crippen LogP contribution in [-0.2, 0) is 0 Å². The van der Waals surface area contributed by atoms with E-state index in [0.29, 0.717) is 0 Å². The molecule has 54 valence electrons. The molecule has 0 fully saturated rings. The van der Waals surface area contributed by atoms with E-state index < -0.39 is 0 Å². The molecule has 0 rings (SSSR count). The second kappa shape index (κ2) is 5.87. The summed E-state index contributed by atoms with van der Waals surface area (Å²) in [5, 5.41) is 8.40. The van der Waals surface area contributed by atoms with Gasteiger partial charge in [0, 0.05) is 0 Å². The zero-order valence-corrected chi connectivity index (χ0v) is 6.90. The van der Waals surface area contributed by atoms with Crippen LogP contribution in [0.1, 0.15) is 13.3 Å². The summed E-state index contributed by atoms with van der Waals surface area (Å²) in [7, 11) is 3.83. The fraction of sp³-hybridized carbons (Fsp3) is 0.833. The molecule has 2 nitrogen and oxygen atoms in total. The Balaban J connectivity index is 0. The predicted molar refractivity (Wildman–Crippen MR) is 40.6 cm³/mol. The van der Waals surface area contributed by atoms with E-state index in [1.807, 2.05) is 25.9 Å². The normalized spacial score (nSPS) is 11.9. The van der Waals surface area contributed by atoms with Gasteiger partial charge >= 0.3 is 0 Å². The lowest BCUT2D eigenvalue weighted by Gasteiger charge is -2.13. The van der Waals surface area contributed by atoms with E-state index in [1.54, 1.807) is 0 Å². The van der Waals surface area contributed by atoms with Gasteiger partial charge in [-0.05, 0) is 20.5 Å². The molecule has 3 heteroatoms. The van der Waals surface area contributed by atoms with Crippen LogP contribution in [-0.4, -0.2) is 25.0 Å². The summed E-state index contributed by atoms with van der Waals surface area (Å²) in [6.45, 7) is 2.01. The summed E-state index contributed by atoms with van der Waals surface area (Å²) in [6, 6.07) is 2.27. The Labute approximate surface area is 62.9 Å². The van der Waals surface area contributed by atoms with E-state index in [0.717, 1.165) is 6.42 Å².